The highest BCUT2D eigenvalue weighted by atomic mass is 32.2. The summed E-state index contributed by atoms with van der Waals surface area (Å²) in [6.07, 6.45) is 2.81. The average molecular weight is 303 g/mol. The third-order valence-electron chi connectivity index (χ3n) is 3.63. The van der Waals surface area contributed by atoms with Crippen molar-refractivity contribution in [3.05, 3.63) is 53.9 Å². The number of nitrogens with zero attached hydrogens (tertiary/aromatic N) is 2. The van der Waals surface area contributed by atoms with Crippen LogP contribution in [0.1, 0.15) is 11.3 Å². The van der Waals surface area contributed by atoms with Crippen LogP contribution in [0.15, 0.2) is 42.6 Å². The quantitative estimate of drug-likeness (QED) is 0.870. The maximum Gasteiger partial charge on any atom is 0.235 e. The van der Waals surface area contributed by atoms with Gasteiger partial charge in [0.05, 0.1) is 11.4 Å². The first-order chi connectivity index (χ1) is 10.1. The van der Waals surface area contributed by atoms with Crippen LogP contribution in [-0.4, -0.2) is 25.7 Å². The second kappa shape index (κ2) is 5.37. The number of sulfonamides is 1. The molecule has 2 heterocycles. The fraction of sp³-hybridized carbons (Fsp3) is 0.267. The van der Waals surface area contributed by atoms with Crippen molar-refractivity contribution in [3.8, 4) is 0 Å². The van der Waals surface area contributed by atoms with Crippen LogP contribution in [0.5, 0.6) is 0 Å². The fourth-order valence-electron chi connectivity index (χ4n) is 2.57. The lowest BCUT2D eigenvalue weighted by molar-refractivity contribution is 0.591. The van der Waals surface area contributed by atoms with E-state index < -0.39 is 10.0 Å². The van der Waals surface area contributed by atoms with Gasteiger partial charge in [0.25, 0.3) is 0 Å². The summed E-state index contributed by atoms with van der Waals surface area (Å²) in [7, 11) is -3.33. The van der Waals surface area contributed by atoms with E-state index in [0.717, 1.165) is 16.9 Å². The van der Waals surface area contributed by atoms with Gasteiger partial charge in [-0.1, -0.05) is 6.07 Å². The molecule has 110 valence electrons. The molecule has 2 N–H and O–H groups in total. The van der Waals surface area contributed by atoms with E-state index in [4.69, 9.17) is 5.73 Å². The topological polar surface area (TPSA) is 76.3 Å². The zero-order valence-corrected chi connectivity index (χ0v) is 12.4. The first-order valence-corrected chi connectivity index (χ1v) is 8.46. The maximum atomic E-state index is 12.5. The standard InChI is InChI=1S/C15H17N3O2S/c16-13-4-5-15-12(11-13)6-9-18(15)21(19,20)10-7-14-3-1-2-8-17-14/h1-5,8,11H,6-7,9-10,16H2. The number of pyridine rings is 1. The van der Waals surface area contributed by atoms with Gasteiger partial charge >= 0.3 is 0 Å². The third-order valence-corrected chi connectivity index (χ3v) is 5.41. The molecule has 6 heteroatoms. The molecule has 0 saturated carbocycles. The monoisotopic (exact) mass is 303 g/mol. The van der Waals surface area contributed by atoms with Crippen LogP contribution in [-0.2, 0) is 22.9 Å². The Kier molecular flexibility index (Phi) is 3.55. The molecule has 0 bridgehead atoms. The lowest BCUT2D eigenvalue weighted by atomic mass is 10.1. The highest BCUT2D eigenvalue weighted by Crippen LogP contribution is 2.31. The van der Waals surface area contributed by atoms with Crippen molar-refractivity contribution in [2.45, 2.75) is 12.8 Å². The van der Waals surface area contributed by atoms with Crippen molar-refractivity contribution in [3.63, 3.8) is 0 Å². The van der Waals surface area contributed by atoms with Crippen LogP contribution in [0, 0.1) is 0 Å². The largest absolute Gasteiger partial charge is 0.399 e. The molecule has 0 saturated heterocycles. The summed E-state index contributed by atoms with van der Waals surface area (Å²) in [5, 5.41) is 0. The van der Waals surface area contributed by atoms with Gasteiger partial charge in [-0.2, -0.15) is 0 Å². The summed E-state index contributed by atoms with van der Waals surface area (Å²) >= 11 is 0. The van der Waals surface area contributed by atoms with Gasteiger partial charge < -0.3 is 5.73 Å². The van der Waals surface area contributed by atoms with Gasteiger partial charge in [0.15, 0.2) is 0 Å². The molecule has 2 aromatic rings. The van der Waals surface area contributed by atoms with Crippen molar-refractivity contribution in [1.82, 2.24) is 4.98 Å². The SMILES string of the molecule is Nc1ccc2c(c1)CCN2S(=O)(=O)CCc1ccccn1. The number of anilines is 2. The van der Waals surface area contributed by atoms with Crippen molar-refractivity contribution in [2.24, 2.45) is 0 Å². The summed E-state index contributed by atoms with van der Waals surface area (Å²) in [6.45, 7) is 0.489. The van der Waals surface area contributed by atoms with Crippen LogP contribution in [0.25, 0.3) is 0 Å². The predicted molar refractivity (Wildman–Crippen MR) is 83.6 cm³/mol. The van der Waals surface area contributed by atoms with E-state index in [1.165, 1.54) is 4.31 Å². The summed E-state index contributed by atoms with van der Waals surface area (Å²) in [5.41, 5.74) is 8.95. The van der Waals surface area contributed by atoms with E-state index in [9.17, 15) is 8.42 Å². The van der Waals surface area contributed by atoms with E-state index in [1.807, 2.05) is 24.3 Å². The number of aromatic nitrogens is 1. The molecule has 1 aliphatic rings. The van der Waals surface area contributed by atoms with Gasteiger partial charge in [0.1, 0.15) is 0 Å². The first kappa shape index (κ1) is 13.9. The number of nitrogens with two attached hydrogens (primary N) is 1. The normalized spacial score (nSPS) is 14.2. The molecule has 21 heavy (non-hydrogen) atoms. The summed E-state index contributed by atoms with van der Waals surface area (Å²) in [5.74, 6) is 0.0633. The second-order valence-corrected chi connectivity index (χ2v) is 7.11. The zero-order valence-electron chi connectivity index (χ0n) is 11.6. The van der Waals surface area contributed by atoms with Crippen LogP contribution >= 0.6 is 0 Å². The van der Waals surface area contributed by atoms with E-state index in [1.54, 1.807) is 18.3 Å². The lowest BCUT2D eigenvalue weighted by Gasteiger charge is -2.19. The van der Waals surface area contributed by atoms with E-state index in [0.29, 0.717) is 25.1 Å². The summed E-state index contributed by atoms with van der Waals surface area (Å²) < 4.78 is 26.5. The first-order valence-electron chi connectivity index (χ1n) is 6.85. The van der Waals surface area contributed by atoms with Crippen molar-refractivity contribution in [1.29, 1.82) is 0 Å². The Balaban J connectivity index is 1.78. The van der Waals surface area contributed by atoms with Gasteiger partial charge in [-0.3, -0.25) is 9.29 Å². The van der Waals surface area contributed by atoms with Crippen LogP contribution in [0.2, 0.25) is 0 Å². The maximum absolute atomic E-state index is 12.5. The Morgan fingerprint density at radius 3 is 2.86 bits per heavy atom. The number of fused-ring (bicyclic) bond motifs is 1. The van der Waals surface area contributed by atoms with Gasteiger partial charge in [0.2, 0.25) is 10.0 Å². The van der Waals surface area contributed by atoms with Crippen molar-refractivity contribution >= 4 is 21.4 Å². The van der Waals surface area contributed by atoms with Crippen LogP contribution in [0.4, 0.5) is 11.4 Å². The molecule has 1 aliphatic heterocycles. The number of nitrogen functional groups attached to an aromatic ring is 1. The molecule has 0 amide bonds. The smallest absolute Gasteiger partial charge is 0.235 e. The Labute approximate surface area is 124 Å². The molecule has 0 fully saturated rings. The average Bonchev–Trinajstić information content (AvgIpc) is 2.90. The summed E-state index contributed by atoms with van der Waals surface area (Å²) in [6, 6.07) is 10.9. The number of hydrogen-bond donors (Lipinski definition) is 1. The van der Waals surface area contributed by atoms with Crippen molar-refractivity contribution in [2.75, 3.05) is 22.3 Å². The number of benzene rings is 1. The molecule has 1 aromatic carbocycles. The van der Waals surface area contributed by atoms with Crippen LogP contribution < -0.4 is 10.0 Å². The minimum atomic E-state index is -3.33. The second-order valence-electron chi connectivity index (χ2n) is 5.10. The highest BCUT2D eigenvalue weighted by molar-refractivity contribution is 7.92. The minimum absolute atomic E-state index is 0.0633. The summed E-state index contributed by atoms with van der Waals surface area (Å²) in [4.78, 5) is 4.16. The van der Waals surface area contributed by atoms with Gasteiger partial charge in [-0.05, 0) is 42.3 Å². The van der Waals surface area contributed by atoms with E-state index >= 15 is 0 Å². The third kappa shape index (κ3) is 2.85. The predicted octanol–water partition coefficient (Wildman–Crippen LogP) is 1.60. The molecule has 0 aliphatic carbocycles. The Bertz CT molecular complexity index is 745. The molecule has 1 aromatic heterocycles. The van der Waals surface area contributed by atoms with Crippen LogP contribution in [0.3, 0.4) is 0 Å². The number of hydrogen-bond acceptors (Lipinski definition) is 4. The Hall–Kier alpha value is -2.08. The van der Waals surface area contributed by atoms with Gasteiger partial charge in [0, 0.05) is 30.5 Å². The highest BCUT2D eigenvalue weighted by Gasteiger charge is 2.29. The molecule has 0 radical (unpaired) electrons. The van der Waals surface area contributed by atoms with E-state index in [2.05, 4.69) is 4.98 Å². The lowest BCUT2D eigenvalue weighted by Crippen LogP contribution is -2.32. The number of aryl methyl sites for hydroxylation is 1. The molecule has 0 atom stereocenters. The minimum Gasteiger partial charge on any atom is -0.399 e. The molecule has 0 unspecified atom stereocenters. The molecule has 0 spiro atoms. The molecule has 3 rings (SSSR count). The Morgan fingerprint density at radius 2 is 2.10 bits per heavy atom. The number of rotatable bonds is 4. The van der Waals surface area contributed by atoms with Crippen molar-refractivity contribution < 1.29 is 8.42 Å². The zero-order chi connectivity index (χ0) is 14.9. The molecular weight excluding hydrogens is 286 g/mol. The molecule has 5 nitrogen and oxygen atoms in total. The fourth-order valence-corrected chi connectivity index (χ4v) is 4.10. The molecular formula is C15H17N3O2S. The van der Waals surface area contributed by atoms with Gasteiger partial charge in [-0.25, -0.2) is 8.42 Å². The van der Waals surface area contributed by atoms with E-state index in [-0.39, 0.29) is 5.75 Å². The van der Waals surface area contributed by atoms with Gasteiger partial charge in [-0.15, -0.1) is 0 Å². The Morgan fingerprint density at radius 1 is 1.24 bits per heavy atom.